The fourth-order valence-electron chi connectivity index (χ4n) is 2.86. The summed E-state index contributed by atoms with van der Waals surface area (Å²) in [5.41, 5.74) is 2.36. The molecule has 26 heavy (non-hydrogen) atoms. The van der Waals surface area contributed by atoms with Crippen LogP contribution < -0.4 is 9.47 Å². The Kier molecular flexibility index (Phi) is 6.16. The first-order chi connectivity index (χ1) is 12.5. The summed E-state index contributed by atoms with van der Waals surface area (Å²) < 4.78 is 10.8. The van der Waals surface area contributed by atoms with Crippen LogP contribution in [0.3, 0.4) is 0 Å². The Morgan fingerprint density at radius 3 is 2.69 bits per heavy atom. The molecule has 0 atom stereocenters. The van der Waals surface area contributed by atoms with Crippen molar-refractivity contribution in [1.29, 1.82) is 0 Å². The van der Waals surface area contributed by atoms with Gasteiger partial charge < -0.3 is 19.3 Å². The maximum Gasteiger partial charge on any atom is 0.231 e. The van der Waals surface area contributed by atoms with Crippen molar-refractivity contribution in [3.8, 4) is 11.5 Å². The van der Waals surface area contributed by atoms with E-state index in [1.165, 1.54) is 10.4 Å². The lowest BCUT2D eigenvalue weighted by molar-refractivity contribution is -0.131. The van der Waals surface area contributed by atoms with Gasteiger partial charge in [0.15, 0.2) is 11.5 Å². The molecule has 6 heteroatoms. The third kappa shape index (κ3) is 4.77. The number of rotatable bonds is 8. The maximum atomic E-state index is 12.9. The molecule has 1 aliphatic heterocycles. The van der Waals surface area contributed by atoms with E-state index in [2.05, 4.69) is 23.3 Å². The quantitative estimate of drug-likeness (QED) is 0.711. The van der Waals surface area contributed by atoms with Gasteiger partial charge in [-0.25, -0.2) is 0 Å². The molecule has 0 fully saturated rings. The van der Waals surface area contributed by atoms with E-state index in [9.17, 15) is 4.79 Å². The number of thiophene rings is 1. The highest BCUT2D eigenvalue weighted by Gasteiger charge is 2.17. The van der Waals surface area contributed by atoms with Gasteiger partial charge in [-0.3, -0.25) is 4.79 Å². The Balaban J connectivity index is 1.61. The van der Waals surface area contributed by atoms with Crippen molar-refractivity contribution in [2.45, 2.75) is 26.3 Å². The molecule has 1 aliphatic rings. The van der Waals surface area contributed by atoms with Crippen LogP contribution >= 0.6 is 11.3 Å². The van der Waals surface area contributed by atoms with Gasteiger partial charge in [-0.05, 0) is 62.1 Å². The average Bonchev–Trinajstić information content (AvgIpc) is 3.24. The van der Waals surface area contributed by atoms with Crippen molar-refractivity contribution >= 4 is 17.2 Å². The number of amides is 1. The van der Waals surface area contributed by atoms with E-state index in [-0.39, 0.29) is 12.7 Å². The third-order valence-electron chi connectivity index (χ3n) is 4.54. The molecule has 1 amide bonds. The highest BCUT2D eigenvalue weighted by atomic mass is 32.1. The third-order valence-corrected chi connectivity index (χ3v) is 5.54. The number of carbonyl (C=O) groups is 1. The topological polar surface area (TPSA) is 42.0 Å². The van der Waals surface area contributed by atoms with Crippen LogP contribution in [0.25, 0.3) is 0 Å². The molecule has 5 nitrogen and oxygen atoms in total. The van der Waals surface area contributed by atoms with Crippen LogP contribution in [-0.2, 0) is 17.8 Å². The van der Waals surface area contributed by atoms with Gasteiger partial charge in [0.2, 0.25) is 12.7 Å². The monoisotopic (exact) mass is 374 g/mol. The largest absolute Gasteiger partial charge is 0.454 e. The van der Waals surface area contributed by atoms with E-state index in [4.69, 9.17) is 9.47 Å². The number of likely N-dealkylation sites (N-methyl/N-ethyl adjacent to an activating group) is 1. The molecule has 0 aliphatic carbocycles. The molecule has 2 aromatic rings. The maximum absolute atomic E-state index is 12.9. The number of benzene rings is 1. The molecule has 0 radical (unpaired) electrons. The van der Waals surface area contributed by atoms with E-state index in [1.807, 2.05) is 37.2 Å². The van der Waals surface area contributed by atoms with Crippen LogP contribution in [0.5, 0.6) is 11.5 Å². The Bertz CT molecular complexity index is 757. The van der Waals surface area contributed by atoms with Crippen molar-refractivity contribution in [3.05, 3.63) is 45.6 Å². The molecule has 0 unspecified atom stereocenters. The first kappa shape index (κ1) is 18.7. The van der Waals surface area contributed by atoms with E-state index in [0.29, 0.717) is 19.4 Å². The lowest BCUT2D eigenvalue weighted by atomic mass is 10.1. The molecule has 140 valence electrons. The Hall–Kier alpha value is -2.05. The summed E-state index contributed by atoms with van der Waals surface area (Å²) in [5, 5.41) is 2.09. The second-order valence-electron chi connectivity index (χ2n) is 6.83. The van der Waals surface area contributed by atoms with Crippen molar-refractivity contribution in [3.63, 3.8) is 0 Å². The van der Waals surface area contributed by atoms with Crippen LogP contribution in [0.2, 0.25) is 0 Å². The zero-order valence-corrected chi connectivity index (χ0v) is 16.5. The van der Waals surface area contributed by atoms with Crippen LogP contribution in [0, 0.1) is 6.92 Å². The van der Waals surface area contributed by atoms with Gasteiger partial charge in [0, 0.05) is 24.4 Å². The van der Waals surface area contributed by atoms with E-state index < -0.39 is 0 Å². The summed E-state index contributed by atoms with van der Waals surface area (Å²) in [7, 11) is 4.07. The van der Waals surface area contributed by atoms with Gasteiger partial charge in [0.25, 0.3) is 0 Å². The predicted molar refractivity (Wildman–Crippen MR) is 104 cm³/mol. The molecule has 1 aromatic carbocycles. The predicted octanol–water partition coefficient (Wildman–Crippen LogP) is 3.31. The minimum Gasteiger partial charge on any atom is -0.454 e. The zero-order chi connectivity index (χ0) is 18.5. The standard InChI is InChI=1S/C20H26N2O3S/c1-15-8-11-26-19(15)13-22(10-9-21(2)3)20(23)7-5-16-4-6-17-18(12-16)25-14-24-17/h4,6,8,11-12H,5,7,9-10,13-14H2,1-3H3. The van der Waals surface area contributed by atoms with Gasteiger partial charge in [0.1, 0.15) is 0 Å². The van der Waals surface area contributed by atoms with Gasteiger partial charge in [0.05, 0.1) is 6.54 Å². The van der Waals surface area contributed by atoms with E-state index in [1.54, 1.807) is 11.3 Å². The SMILES string of the molecule is Cc1ccsc1CN(CCN(C)C)C(=O)CCc1ccc2c(c1)OCO2. The molecule has 0 spiro atoms. The smallest absolute Gasteiger partial charge is 0.231 e. The van der Waals surface area contributed by atoms with Crippen molar-refractivity contribution < 1.29 is 14.3 Å². The van der Waals surface area contributed by atoms with Crippen LogP contribution in [0.15, 0.2) is 29.6 Å². The fraction of sp³-hybridized carbons (Fsp3) is 0.450. The highest BCUT2D eigenvalue weighted by Crippen LogP contribution is 2.32. The first-order valence-corrected chi connectivity index (χ1v) is 9.75. The number of hydrogen-bond donors (Lipinski definition) is 0. The van der Waals surface area contributed by atoms with E-state index >= 15 is 0 Å². The molecule has 3 rings (SSSR count). The molecular formula is C20H26N2O3S. The second kappa shape index (κ2) is 8.56. The summed E-state index contributed by atoms with van der Waals surface area (Å²) >= 11 is 1.72. The molecule has 0 saturated carbocycles. The van der Waals surface area contributed by atoms with Gasteiger partial charge in [-0.1, -0.05) is 6.07 Å². The summed E-state index contributed by atoms with van der Waals surface area (Å²) in [6, 6.07) is 8.01. The average molecular weight is 375 g/mol. The number of aryl methyl sites for hydroxylation is 2. The number of hydrogen-bond acceptors (Lipinski definition) is 5. The summed E-state index contributed by atoms with van der Waals surface area (Å²) in [6.45, 7) is 4.67. The normalized spacial score (nSPS) is 12.6. The minimum absolute atomic E-state index is 0.192. The van der Waals surface area contributed by atoms with Crippen molar-refractivity contribution in [2.75, 3.05) is 34.0 Å². The number of ether oxygens (including phenoxy) is 2. The van der Waals surface area contributed by atoms with E-state index in [0.717, 1.165) is 30.2 Å². The molecule has 0 bridgehead atoms. The van der Waals surface area contributed by atoms with Crippen molar-refractivity contribution in [2.24, 2.45) is 0 Å². The lowest BCUT2D eigenvalue weighted by Gasteiger charge is -2.24. The zero-order valence-electron chi connectivity index (χ0n) is 15.7. The summed E-state index contributed by atoms with van der Waals surface area (Å²) in [4.78, 5) is 18.2. The van der Waals surface area contributed by atoms with Gasteiger partial charge in [-0.2, -0.15) is 0 Å². The van der Waals surface area contributed by atoms with Crippen molar-refractivity contribution in [1.82, 2.24) is 9.80 Å². The summed E-state index contributed by atoms with van der Waals surface area (Å²) in [6.07, 6.45) is 1.20. The lowest BCUT2D eigenvalue weighted by Crippen LogP contribution is -2.36. The van der Waals surface area contributed by atoms with Gasteiger partial charge >= 0.3 is 0 Å². The molecule has 1 aromatic heterocycles. The van der Waals surface area contributed by atoms with Crippen LogP contribution in [-0.4, -0.2) is 49.7 Å². The fourth-order valence-corrected chi connectivity index (χ4v) is 3.78. The Morgan fingerprint density at radius 1 is 1.15 bits per heavy atom. The first-order valence-electron chi connectivity index (χ1n) is 8.87. The number of fused-ring (bicyclic) bond motifs is 1. The molecule has 0 saturated heterocycles. The number of nitrogens with zero attached hydrogens (tertiary/aromatic N) is 2. The Morgan fingerprint density at radius 2 is 1.96 bits per heavy atom. The number of carbonyl (C=O) groups excluding carboxylic acids is 1. The molecule has 0 N–H and O–H groups in total. The van der Waals surface area contributed by atoms with Crippen LogP contribution in [0.4, 0.5) is 0 Å². The van der Waals surface area contributed by atoms with Crippen LogP contribution in [0.1, 0.15) is 22.4 Å². The van der Waals surface area contributed by atoms with Gasteiger partial charge in [-0.15, -0.1) is 11.3 Å². The molecular weight excluding hydrogens is 348 g/mol. The minimum atomic E-state index is 0.192. The Labute approximate surface area is 159 Å². The second-order valence-corrected chi connectivity index (χ2v) is 7.83. The highest BCUT2D eigenvalue weighted by molar-refractivity contribution is 7.10. The summed E-state index contributed by atoms with van der Waals surface area (Å²) in [5.74, 6) is 1.74. The molecule has 2 heterocycles.